The second-order valence-electron chi connectivity index (χ2n) is 7.87. The average molecular weight is 445 g/mol. The molecule has 0 spiro atoms. The number of hydrogen-bond acceptors (Lipinski definition) is 6. The molecule has 1 aromatic heterocycles. The van der Waals surface area contributed by atoms with Crippen LogP contribution in [0.3, 0.4) is 0 Å². The maximum atomic E-state index is 12.3. The lowest BCUT2D eigenvalue weighted by Gasteiger charge is -2.35. The van der Waals surface area contributed by atoms with Gasteiger partial charge in [0, 0.05) is 31.4 Å². The van der Waals surface area contributed by atoms with E-state index in [-0.39, 0.29) is 12.0 Å². The number of pyridine rings is 1. The highest BCUT2D eigenvalue weighted by molar-refractivity contribution is 5.75. The summed E-state index contributed by atoms with van der Waals surface area (Å²) in [5.74, 6) is -1.64. The van der Waals surface area contributed by atoms with Crippen LogP contribution in [0.15, 0.2) is 24.5 Å². The molecule has 0 unspecified atom stereocenters. The highest BCUT2D eigenvalue weighted by atomic mass is 19.4. The number of ether oxygens (including phenoxy) is 1. The minimum Gasteiger partial charge on any atom is -0.475 e. The van der Waals surface area contributed by atoms with Gasteiger partial charge < -0.3 is 9.84 Å². The van der Waals surface area contributed by atoms with Crippen molar-refractivity contribution in [2.45, 2.75) is 38.1 Å². The SMILES string of the molecule is O=C(C[C@H]1OC[C@H]2CN(Cc3cccnc3)CC[C@H]21)N1CCCO1.O=C(O)C(F)(F)F. The summed E-state index contributed by atoms with van der Waals surface area (Å²) in [5, 5.41) is 8.65. The highest BCUT2D eigenvalue weighted by Gasteiger charge is 2.42. The number of nitrogens with zero attached hydrogens (tertiary/aromatic N) is 3. The Kier molecular flexibility index (Phi) is 7.84. The molecule has 8 nitrogen and oxygen atoms in total. The van der Waals surface area contributed by atoms with Gasteiger partial charge in [0.05, 0.1) is 32.3 Å². The van der Waals surface area contributed by atoms with Gasteiger partial charge in [-0.25, -0.2) is 9.86 Å². The first-order chi connectivity index (χ1) is 14.7. The van der Waals surface area contributed by atoms with E-state index in [2.05, 4.69) is 16.0 Å². The van der Waals surface area contributed by atoms with E-state index in [4.69, 9.17) is 19.5 Å². The van der Waals surface area contributed by atoms with E-state index < -0.39 is 12.1 Å². The number of carboxylic acids is 1. The molecule has 0 saturated carbocycles. The zero-order chi connectivity index (χ0) is 22.4. The van der Waals surface area contributed by atoms with Crippen LogP contribution in [-0.2, 0) is 25.7 Å². The summed E-state index contributed by atoms with van der Waals surface area (Å²) in [4.78, 5) is 33.2. The van der Waals surface area contributed by atoms with Gasteiger partial charge in [-0.05, 0) is 36.9 Å². The number of piperidine rings is 1. The molecule has 0 radical (unpaired) electrons. The molecule has 3 aliphatic heterocycles. The van der Waals surface area contributed by atoms with Gasteiger partial charge in [0.2, 0.25) is 5.91 Å². The number of rotatable bonds is 4. The summed E-state index contributed by atoms with van der Waals surface area (Å²) in [6, 6.07) is 4.12. The van der Waals surface area contributed by atoms with E-state index >= 15 is 0 Å². The Morgan fingerprint density at radius 3 is 2.68 bits per heavy atom. The first kappa shape index (κ1) is 23.4. The minimum atomic E-state index is -5.08. The Balaban J connectivity index is 0.000000339. The quantitative estimate of drug-likeness (QED) is 0.759. The van der Waals surface area contributed by atoms with Crippen LogP contribution in [0, 0.1) is 11.8 Å². The smallest absolute Gasteiger partial charge is 0.475 e. The van der Waals surface area contributed by atoms with Crippen LogP contribution < -0.4 is 0 Å². The monoisotopic (exact) mass is 445 g/mol. The lowest BCUT2D eigenvalue weighted by molar-refractivity contribution is -0.192. The van der Waals surface area contributed by atoms with E-state index in [1.807, 2.05) is 18.5 Å². The summed E-state index contributed by atoms with van der Waals surface area (Å²) in [6.45, 7) is 5.20. The molecule has 1 N–H and O–H groups in total. The number of hydroxylamine groups is 2. The van der Waals surface area contributed by atoms with Crippen molar-refractivity contribution in [2.24, 2.45) is 11.8 Å². The number of hydrogen-bond donors (Lipinski definition) is 1. The third-order valence-electron chi connectivity index (χ3n) is 5.66. The van der Waals surface area contributed by atoms with Crippen molar-refractivity contribution >= 4 is 11.9 Å². The summed E-state index contributed by atoms with van der Waals surface area (Å²) in [7, 11) is 0. The number of carbonyl (C=O) groups excluding carboxylic acids is 1. The van der Waals surface area contributed by atoms with Gasteiger partial charge in [-0.1, -0.05) is 6.07 Å². The number of halogens is 3. The number of carbonyl (C=O) groups is 2. The number of likely N-dealkylation sites (tertiary alicyclic amines) is 1. The second-order valence-corrected chi connectivity index (χ2v) is 7.87. The molecular formula is C20H26F3N3O5. The molecule has 172 valence electrons. The topological polar surface area (TPSA) is 92.2 Å². The summed E-state index contributed by atoms with van der Waals surface area (Å²) >= 11 is 0. The first-order valence-electron chi connectivity index (χ1n) is 10.2. The lowest BCUT2D eigenvalue weighted by atomic mass is 9.83. The van der Waals surface area contributed by atoms with Crippen LogP contribution in [0.1, 0.15) is 24.8 Å². The fourth-order valence-corrected chi connectivity index (χ4v) is 4.18. The molecule has 1 amide bonds. The Hall–Kier alpha value is -2.24. The van der Waals surface area contributed by atoms with Gasteiger partial charge >= 0.3 is 12.1 Å². The van der Waals surface area contributed by atoms with Crippen molar-refractivity contribution in [3.05, 3.63) is 30.1 Å². The molecule has 0 bridgehead atoms. The zero-order valence-corrected chi connectivity index (χ0v) is 17.0. The molecule has 3 fully saturated rings. The molecule has 31 heavy (non-hydrogen) atoms. The van der Waals surface area contributed by atoms with E-state index in [0.29, 0.717) is 24.9 Å². The molecule has 11 heteroatoms. The molecule has 3 atom stereocenters. The normalized spacial score (nSPS) is 26.2. The van der Waals surface area contributed by atoms with Crippen LogP contribution >= 0.6 is 0 Å². The molecular weight excluding hydrogens is 419 g/mol. The van der Waals surface area contributed by atoms with Crippen molar-refractivity contribution in [1.82, 2.24) is 14.9 Å². The maximum Gasteiger partial charge on any atom is 0.490 e. The van der Waals surface area contributed by atoms with Crippen molar-refractivity contribution in [1.29, 1.82) is 0 Å². The van der Waals surface area contributed by atoms with Crippen molar-refractivity contribution in [3.8, 4) is 0 Å². The summed E-state index contributed by atoms with van der Waals surface area (Å²) in [6.07, 6.45) is 1.23. The largest absolute Gasteiger partial charge is 0.490 e. The number of aromatic nitrogens is 1. The fourth-order valence-electron chi connectivity index (χ4n) is 4.18. The molecule has 3 aliphatic rings. The second kappa shape index (κ2) is 10.4. The summed E-state index contributed by atoms with van der Waals surface area (Å²) in [5.41, 5.74) is 1.26. The van der Waals surface area contributed by atoms with Crippen molar-refractivity contribution in [3.63, 3.8) is 0 Å². The maximum absolute atomic E-state index is 12.3. The standard InChI is InChI=1S/C18H25N3O3.C2HF3O2/c22-18(21-6-2-8-24-21)9-17-16-4-7-20(12-15(16)13-23-17)11-14-3-1-5-19-10-14;3-2(4,5)1(6)7/h1,3,5,10,15-17H,2,4,6-9,11-13H2;(H,6,7)/t15-,16-,17-;/m1./s1. The summed E-state index contributed by atoms with van der Waals surface area (Å²) < 4.78 is 37.7. The Morgan fingerprint density at radius 2 is 2.06 bits per heavy atom. The van der Waals surface area contributed by atoms with E-state index in [9.17, 15) is 18.0 Å². The van der Waals surface area contributed by atoms with Crippen LogP contribution in [0.25, 0.3) is 0 Å². The number of alkyl halides is 3. The van der Waals surface area contributed by atoms with Crippen LogP contribution in [0.4, 0.5) is 13.2 Å². The van der Waals surface area contributed by atoms with Gasteiger partial charge in [0.1, 0.15) is 0 Å². The Labute approximate surface area is 177 Å². The van der Waals surface area contributed by atoms with E-state index in [1.165, 1.54) is 10.6 Å². The molecule has 0 aromatic carbocycles. The predicted molar refractivity (Wildman–Crippen MR) is 101 cm³/mol. The van der Waals surface area contributed by atoms with Gasteiger partial charge in [0.25, 0.3) is 0 Å². The molecule has 3 saturated heterocycles. The van der Waals surface area contributed by atoms with Crippen LogP contribution in [0.2, 0.25) is 0 Å². The van der Waals surface area contributed by atoms with Gasteiger partial charge in [-0.3, -0.25) is 19.5 Å². The number of amides is 1. The van der Waals surface area contributed by atoms with Crippen LogP contribution in [-0.4, -0.2) is 77.1 Å². The Bertz CT molecular complexity index is 743. The third-order valence-corrected chi connectivity index (χ3v) is 5.66. The molecule has 4 rings (SSSR count). The first-order valence-corrected chi connectivity index (χ1v) is 10.2. The van der Waals surface area contributed by atoms with Gasteiger partial charge in [-0.2, -0.15) is 13.2 Å². The van der Waals surface area contributed by atoms with Gasteiger partial charge in [-0.15, -0.1) is 0 Å². The number of fused-ring (bicyclic) bond motifs is 1. The number of aliphatic carboxylic acids is 1. The van der Waals surface area contributed by atoms with E-state index in [0.717, 1.165) is 45.6 Å². The van der Waals surface area contributed by atoms with Gasteiger partial charge in [0.15, 0.2) is 0 Å². The molecule has 4 heterocycles. The molecule has 0 aliphatic carbocycles. The minimum absolute atomic E-state index is 0.0623. The third kappa shape index (κ3) is 6.62. The lowest BCUT2D eigenvalue weighted by Crippen LogP contribution is -2.42. The van der Waals surface area contributed by atoms with Crippen molar-refractivity contribution < 1.29 is 37.4 Å². The fraction of sp³-hybridized carbons (Fsp3) is 0.650. The predicted octanol–water partition coefficient (Wildman–Crippen LogP) is 2.11. The average Bonchev–Trinajstić information content (AvgIpc) is 3.39. The highest BCUT2D eigenvalue weighted by Crippen LogP contribution is 2.36. The number of carboxylic acid groups (broad SMARTS) is 1. The van der Waals surface area contributed by atoms with Crippen molar-refractivity contribution in [2.75, 3.05) is 32.8 Å². The Morgan fingerprint density at radius 1 is 1.29 bits per heavy atom. The van der Waals surface area contributed by atoms with E-state index in [1.54, 1.807) is 0 Å². The zero-order valence-electron chi connectivity index (χ0n) is 17.0. The van der Waals surface area contributed by atoms with Crippen LogP contribution in [0.5, 0.6) is 0 Å². The molecule has 1 aromatic rings.